The van der Waals surface area contributed by atoms with Crippen molar-refractivity contribution in [3.8, 4) is 0 Å². The summed E-state index contributed by atoms with van der Waals surface area (Å²) >= 11 is 0. The maximum atomic E-state index is 6.18. The van der Waals surface area contributed by atoms with E-state index in [1.54, 1.807) is 0 Å². The summed E-state index contributed by atoms with van der Waals surface area (Å²) in [5.74, 6) is 1.93. The van der Waals surface area contributed by atoms with Gasteiger partial charge in [0.1, 0.15) is 0 Å². The molecule has 22 heavy (non-hydrogen) atoms. The highest BCUT2D eigenvalue weighted by atomic mass is 16.5. The van der Waals surface area contributed by atoms with Crippen LogP contribution in [0.1, 0.15) is 23.8 Å². The number of aryl methyl sites for hydroxylation is 2. The number of hydrogen-bond donors (Lipinski definition) is 0. The van der Waals surface area contributed by atoms with Crippen LogP contribution in [0.15, 0.2) is 16.8 Å². The molecule has 0 aliphatic carbocycles. The Morgan fingerprint density at radius 2 is 2.23 bits per heavy atom. The third kappa shape index (κ3) is 2.78. The normalized spacial score (nSPS) is 28.4. The average Bonchev–Trinajstić information content (AvgIpc) is 3.18. The van der Waals surface area contributed by atoms with E-state index in [1.807, 2.05) is 24.9 Å². The average molecular weight is 303 g/mol. The second-order valence-electron chi connectivity index (χ2n) is 6.43. The summed E-state index contributed by atoms with van der Waals surface area (Å²) in [5.41, 5.74) is 1.26. The molecular weight excluding hydrogens is 282 g/mol. The number of likely N-dealkylation sites (tertiary alicyclic amines) is 1. The van der Waals surface area contributed by atoms with Crippen molar-refractivity contribution in [1.82, 2.24) is 24.9 Å². The highest BCUT2D eigenvalue weighted by Crippen LogP contribution is 2.34. The van der Waals surface area contributed by atoms with Crippen LogP contribution in [0.3, 0.4) is 0 Å². The summed E-state index contributed by atoms with van der Waals surface area (Å²) in [6.07, 6.45) is 6.39. The molecule has 2 saturated heterocycles. The Hall–Kier alpha value is -1.73. The zero-order valence-corrected chi connectivity index (χ0v) is 13.0. The highest BCUT2D eigenvalue weighted by Gasteiger charge is 2.42. The fourth-order valence-electron chi connectivity index (χ4n) is 3.64. The lowest BCUT2D eigenvalue weighted by atomic mass is 10.0. The van der Waals surface area contributed by atoms with Gasteiger partial charge in [-0.15, -0.1) is 10.2 Å². The van der Waals surface area contributed by atoms with Gasteiger partial charge in [0.05, 0.1) is 24.8 Å². The molecule has 0 saturated carbocycles. The predicted molar refractivity (Wildman–Crippen MR) is 78.0 cm³/mol. The van der Waals surface area contributed by atoms with Gasteiger partial charge in [-0.25, -0.2) is 0 Å². The topological polar surface area (TPSA) is 69.2 Å². The summed E-state index contributed by atoms with van der Waals surface area (Å²) in [5, 5.41) is 12.2. The maximum Gasteiger partial charge on any atom is 0.219 e. The smallest absolute Gasteiger partial charge is 0.219 e. The quantitative estimate of drug-likeness (QED) is 0.837. The van der Waals surface area contributed by atoms with Crippen molar-refractivity contribution in [2.45, 2.75) is 38.5 Å². The molecule has 118 valence electrons. The van der Waals surface area contributed by atoms with Crippen molar-refractivity contribution in [2.75, 3.05) is 13.1 Å². The van der Waals surface area contributed by atoms with Gasteiger partial charge in [-0.3, -0.25) is 9.58 Å². The fourth-order valence-corrected chi connectivity index (χ4v) is 3.64. The molecule has 2 aromatic rings. The van der Waals surface area contributed by atoms with E-state index in [2.05, 4.69) is 26.4 Å². The summed E-state index contributed by atoms with van der Waals surface area (Å²) in [6, 6.07) is 0. The van der Waals surface area contributed by atoms with Crippen molar-refractivity contribution in [2.24, 2.45) is 13.0 Å². The van der Waals surface area contributed by atoms with Gasteiger partial charge in [-0.05, 0) is 6.42 Å². The SMILES string of the molecule is Cc1nnc(C[C@H]2C[C@H]3CN(Cc4cnn(C)c4)C[C@H]3O2)o1. The minimum Gasteiger partial charge on any atom is -0.426 e. The van der Waals surface area contributed by atoms with Crippen LogP contribution in [0, 0.1) is 12.8 Å². The Kier molecular flexibility index (Phi) is 3.46. The lowest BCUT2D eigenvalue weighted by Crippen LogP contribution is -2.25. The molecule has 0 unspecified atom stereocenters. The summed E-state index contributed by atoms with van der Waals surface area (Å²) in [4.78, 5) is 2.46. The van der Waals surface area contributed by atoms with E-state index in [0.717, 1.165) is 32.5 Å². The second-order valence-corrected chi connectivity index (χ2v) is 6.43. The predicted octanol–water partition coefficient (Wildman–Crippen LogP) is 0.944. The molecule has 2 aliphatic rings. The van der Waals surface area contributed by atoms with Crippen molar-refractivity contribution in [1.29, 1.82) is 0 Å². The van der Waals surface area contributed by atoms with Crippen LogP contribution < -0.4 is 0 Å². The molecule has 2 aliphatic heterocycles. The van der Waals surface area contributed by atoms with E-state index in [0.29, 0.717) is 23.8 Å². The monoisotopic (exact) mass is 303 g/mol. The van der Waals surface area contributed by atoms with Gasteiger partial charge in [-0.2, -0.15) is 5.10 Å². The summed E-state index contributed by atoms with van der Waals surface area (Å²) < 4.78 is 13.5. The number of fused-ring (bicyclic) bond motifs is 1. The van der Waals surface area contributed by atoms with Crippen LogP contribution in [0.2, 0.25) is 0 Å². The van der Waals surface area contributed by atoms with Crippen molar-refractivity contribution >= 4 is 0 Å². The molecule has 2 aromatic heterocycles. The fraction of sp³-hybridized carbons (Fsp3) is 0.667. The highest BCUT2D eigenvalue weighted by molar-refractivity contribution is 5.05. The summed E-state index contributed by atoms with van der Waals surface area (Å²) in [6.45, 7) is 4.87. The van der Waals surface area contributed by atoms with Crippen LogP contribution in [0.4, 0.5) is 0 Å². The third-order valence-corrected chi connectivity index (χ3v) is 4.52. The molecule has 7 heteroatoms. The van der Waals surface area contributed by atoms with Gasteiger partial charge in [0.25, 0.3) is 0 Å². The van der Waals surface area contributed by atoms with Crippen molar-refractivity contribution in [3.63, 3.8) is 0 Å². The first-order valence-electron chi connectivity index (χ1n) is 7.80. The minimum absolute atomic E-state index is 0.218. The zero-order chi connectivity index (χ0) is 15.1. The Morgan fingerprint density at radius 3 is 2.91 bits per heavy atom. The van der Waals surface area contributed by atoms with Gasteiger partial charge in [0, 0.05) is 51.3 Å². The number of ether oxygens (including phenoxy) is 1. The Balaban J connectivity index is 1.30. The van der Waals surface area contributed by atoms with E-state index < -0.39 is 0 Å². The number of rotatable bonds is 4. The van der Waals surface area contributed by atoms with E-state index in [1.165, 1.54) is 5.56 Å². The number of hydrogen-bond acceptors (Lipinski definition) is 6. The molecule has 4 rings (SSSR count). The standard InChI is InChI=1S/C15H21N5O2/c1-10-17-18-15(21-10)4-13-3-12-8-20(9-14(12)22-13)7-11-5-16-19(2)6-11/h5-6,12-14H,3-4,7-9H2,1-2H3/t12-,13+,14+/m0/s1. The van der Waals surface area contributed by atoms with Crippen LogP contribution >= 0.6 is 0 Å². The molecule has 0 N–H and O–H groups in total. The van der Waals surface area contributed by atoms with Gasteiger partial charge >= 0.3 is 0 Å². The molecule has 7 nitrogen and oxygen atoms in total. The lowest BCUT2D eigenvalue weighted by molar-refractivity contribution is 0.0349. The Morgan fingerprint density at radius 1 is 1.32 bits per heavy atom. The Labute approximate surface area is 129 Å². The molecule has 0 aromatic carbocycles. The molecule has 2 fully saturated rings. The second kappa shape index (κ2) is 5.48. The Bertz CT molecular complexity index is 584. The summed E-state index contributed by atoms with van der Waals surface area (Å²) in [7, 11) is 1.95. The molecule has 0 spiro atoms. The van der Waals surface area contributed by atoms with Crippen LogP contribution in [-0.2, 0) is 24.8 Å². The van der Waals surface area contributed by atoms with E-state index >= 15 is 0 Å². The van der Waals surface area contributed by atoms with Gasteiger partial charge in [0.2, 0.25) is 11.8 Å². The minimum atomic E-state index is 0.218. The van der Waals surface area contributed by atoms with Gasteiger partial charge < -0.3 is 9.15 Å². The first-order chi connectivity index (χ1) is 10.7. The number of aromatic nitrogens is 4. The zero-order valence-electron chi connectivity index (χ0n) is 13.0. The van der Waals surface area contributed by atoms with Crippen LogP contribution in [0.5, 0.6) is 0 Å². The molecule has 3 atom stereocenters. The maximum absolute atomic E-state index is 6.18. The lowest BCUT2D eigenvalue weighted by Gasteiger charge is -2.17. The third-order valence-electron chi connectivity index (χ3n) is 4.52. The van der Waals surface area contributed by atoms with Crippen molar-refractivity contribution in [3.05, 3.63) is 29.7 Å². The van der Waals surface area contributed by atoms with E-state index in [-0.39, 0.29) is 6.10 Å². The molecular formula is C15H21N5O2. The van der Waals surface area contributed by atoms with Crippen molar-refractivity contribution < 1.29 is 9.15 Å². The van der Waals surface area contributed by atoms with Gasteiger partial charge in [0.15, 0.2) is 0 Å². The van der Waals surface area contributed by atoms with Crippen LogP contribution in [0.25, 0.3) is 0 Å². The number of nitrogens with zero attached hydrogens (tertiary/aromatic N) is 5. The van der Waals surface area contributed by atoms with Crippen LogP contribution in [-0.4, -0.2) is 50.2 Å². The molecule has 0 amide bonds. The molecule has 4 heterocycles. The van der Waals surface area contributed by atoms with E-state index in [9.17, 15) is 0 Å². The molecule has 0 bridgehead atoms. The van der Waals surface area contributed by atoms with E-state index in [4.69, 9.17) is 9.15 Å². The first kappa shape index (κ1) is 13.9. The molecule has 0 radical (unpaired) electrons. The first-order valence-corrected chi connectivity index (χ1v) is 7.80. The largest absolute Gasteiger partial charge is 0.426 e. The van der Waals surface area contributed by atoms with Gasteiger partial charge in [-0.1, -0.05) is 0 Å².